The van der Waals surface area contributed by atoms with Crippen LogP contribution < -0.4 is 0 Å². The number of thiol groups is 1. The van der Waals surface area contributed by atoms with Gasteiger partial charge in [0, 0.05) is 11.8 Å². The van der Waals surface area contributed by atoms with Crippen molar-refractivity contribution in [2.75, 3.05) is 19.6 Å². The SMILES string of the molecule is C=CCN1CCC(S)CC1. The summed E-state index contributed by atoms with van der Waals surface area (Å²) >= 11 is 4.42. The van der Waals surface area contributed by atoms with Crippen LogP contribution in [0.1, 0.15) is 12.8 Å². The first-order valence-electron chi connectivity index (χ1n) is 3.84. The van der Waals surface area contributed by atoms with Gasteiger partial charge < -0.3 is 0 Å². The second-order valence-electron chi connectivity index (χ2n) is 2.82. The van der Waals surface area contributed by atoms with Crippen LogP contribution in [0, 0.1) is 0 Å². The van der Waals surface area contributed by atoms with Crippen molar-refractivity contribution < 1.29 is 0 Å². The molecule has 0 aromatic heterocycles. The molecule has 0 aromatic carbocycles. The lowest BCUT2D eigenvalue weighted by molar-refractivity contribution is 0.256. The molecule has 0 aromatic rings. The van der Waals surface area contributed by atoms with Crippen molar-refractivity contribution in [3.63, 3.8) is 0 Å². The van der Waals surface area contributed by atoms with Gasteiger partial charge in [0.25, 0.3) is 0 Å². The zero-order valence-corrected chi connectivity index (χ0v) is 7.19. The molecule has 58 valence electrons. The lowest BCUT2D eigenvalue weighted by Gasteiger charge is -2.28. The fourth-order valence-corrected chi connectivity index (χ4v) is 1.52. The van der Waals surface area contributed by atoms with Crippen molar-refractivity contribution in [3.8, 4) is 0 Å². The quantitative estimate of drug-likeness (QED) is 0.470. The fraction of sp³-hybridized carbons (Fsp3) is 0.750. The topological polar surface area (TPSA) is 3.24 Å². The van der Waals surface area contributed by atoms with Crippen LogP contribution in [0.2, 0.25) is 0 Å². The molecule has 1 fully saturated rings. The normalized spacial score (nSPS) is 22.9. The van der Waals surface area contributed by atoms with E-state index in [1.807, 2.05) is 6.08 Å². The van der Waals surface area contributed by atoms with Crippen LogP contribution in [0.25, 0.3) is 0 Å². The van der Waals surface area contributed by atoms with E-state index in [1.165, 1.54) is 25.9 Å². The summed E-state index contributed by atoms with van der Waals surface area (Å²) in [5.74, 6) is 0. The molecule has 0 bridgehead atoms. The van der Waals surface area contributed by atoms with Crippen LogP contribution in [-0.2, 0) is 0 Å². The zero-order valence-electron chi connectivity index (χ0n) is 6.29. The van der Waals surface area contributed by atoms with E-state index in [1.54, 1.807) is 0 Å². The number of rotatable bonds is 2. The lowest BCUT2D eigenvalue weighted by atomic mass is 10.1. The van der Waals surface area contributed by atoms with Gasteiger partial charge >= 0.3 is 0 Å². The predicted octanol–water partition coefficient (Wildman–Crippen LogP) is 1.57. The molecular formula is C8H15NS. The number of likely N-dealkylation sites (tertiary alicyclic amines) is 1. The molecule has 1 aliphatic heterocycles. The largest absolute Gasteiger partial charge is 0.300 e. The molecule has 1 rings (SSSR count). The molecule has 1 nitrogen and oxygen atoms in total. The molecule has 10 heavy (non-hydrogen) atoms. The first-order valence-corrected chi connectivity index (χ1v) is 4.36. The molecule has 0 aliphatic carbocycles. The molecule has 0 N–H and O–H groups in total. The van der Waals surface area contributed by atoms with Crippen molar-refractivity contribution in [1.82, 2.24) is 4.90 Å². The summed E-state index contributed by atoms with van der Waals surface area (Å²) in [6, 6.07) is 0. The van der Waals surface area contributed by atoms with E-state index in [0.717, 1.165) is 6.54 Å². The maximum absolute atomic E-state index is 4.42. The van der Waals surface area contributed by atoms with Gasteiger partial charge in [-0.05, 0) is 25.9 Å². The average Bonchev–Trinajstić information content (AvgIpc) is 1.95. The van der Waals surface area contributed by atoms with E-state index in [-0.39, 0.29) is 0 Å². The third-order valence-electron chi connectivity index (χ3n) is 1.94. The zero-order chi connectivity index (χ0) is 7.40. The molecule has 0 unspecified atom stereocenters. The van der Waals surface area contributed by atoms with Crippen molar-refractivity contribution >= 4 is 12.6 Å². The Bertz CT molecular complexity index is 106. The van der Waals surface area contributed by atoms with Crippen LogP contribution in [0.3, 0.4) is 0 Å². The fourth-order valence-electron chi connectivity index (χ4n) is 1.28. The van der Waals surface area contributed by atoms with E-state index in [0.29, 0.717) is 5.25 Å². The van der Waals surface area contributed by atoms with Gasteiger partial charge in [0.15, 0.2) is 0 Å². The molecule has 0 atom stereocenters. The van der Waals surface area contributed by atoms with Crippen LogP contribution in [0.4, 0.5) is 0 Å². The van der Waals surface area contributed by atoms with Crippen molar-refractivity contribution in [2.45, 2.75) is 18.1 Å². The maximum atomic E-state index is 4.42. The Morgan fingerprint density at radius 1 is 1.50 bits per heavy atom. The van der Waals surface area contributed by atoms with E-state index in [2.05, 4.69) is 24.1 Å². The van der Waals surface area contributed by atoms with Crippen molar-refractivity contribution in [2.24, 2.45) is 0 Å². The van der Waals surface area contributed by atoms with Gasteiger partial charge in [0.05, 0.1) is 0 Å². The minimum absolute atomic E-state index is 0.640. The Morgan fingerprint density at radius 2 is 2.10 bits per heavy atom. The monoisotopic (exact) mass is 157 g/mol. The number of piperidine rings is 1. The van der Waals surface area contributed by atoms with E-state index in [9.17, 15) is 0 Å². The summed E-state index contributed by atoms with van der Waals surface area (Å²) in [6.07, 6.45) is 4.44. The van der Waals surface area contributed by atoms with Crippen molar-refractivity contribution in [3.05, 3.63) is 12.7 Å². The number of hydrogen-bond acceptors (Lipinski definition) is 2. The Labute approximate surface area is 68.5 Å². The van der Waals surface area contributed by atoms with Gasteiger partial charge in [-0.15, -0.1) is 6.58 Å². The van der Waals surface area contributed by atoms with E-state index < -0.39 is 0 Å². The van der Waals surface area contributed by atoms with Gasteiger partial charge in [0.2, 0.25) is 0 Å². The molecule has 0 radical (unpaired) electrons. The Kier molecular flexibility index (Phi) is 3.29. The Hall–Kier alpha value is 0.0500. The van der Waals surface area contributed by atoms with Crippen LogP contribution in [0.5, 0.6) is 0 Å². The Morgan fingerprint density at radius 3 is 2.60 bits per heavy atom. The molecule has 0 amide bonds. The van der Waals surface area contributed by atoms with Crippen molar-refractivity contribution in [1.29, 1.82) is 0 Å². The van der Waals surface area contributed by atoms with Gasteiger partial charge in [-0.1, -0.05) is 6.08 Å². The minimum Gasteiger partial charge on any atom is -0.300 e. The van der Waals surface area contributed by atoms with Crippen LogP contribution in [-0.4, -0.2) is 29.8 Å². The second kappa shape index (κ2) is 4.04. The second-order valence-corrected chi connectivity index (χ2v) is 3.55. The first-order chi connectivity index (χ1) is 4.83. The highest BCUT2D eigenvalue weighted by atomic mass is 32.1. The lowest BCUT2D eigenvalue weighted by Crippen LogP contribution is -2.33. The number of hydrogen-bond donors (Lipinski definition) is 1. The summed E-state index contributed by atoms with van der Waals surface area (Å²) in [5, 5.41) is 0.640. The summed E-state index contributed by atoms with van der Waals surface area (Å²) in [5.41, 5.74) is 0. The number of nitrogens with zero attached hydrogens (tertiary/aromatic N) is 1. The van der Waals surface area contributed by atoms with Gasteiger partial charge in [0.1, 0.15) is 0 Å². The standard InChI is InChI=1S/C8H15NS/c1-2-5-9-6-3-8(10)4-7-9/h2,8,10H,1,3-7H2. The molecule has 2 heteroatoms. The highest BCUT2D eigenvalue weighted by Gasteiger charge is 2.14. The maximum Gasteiger partial charge on any atom is 0.0160 e. The predicted molar refractivity (Wildman–Crippen MR) is 48.6 cm³/mol. The Balaban J connectivity index is 2.19. The van der Waals surface area contributed by atoms with Crippen LogP contribution >= 0.6 is 12.6 Å². The highest BCUT2D eigenvalue weighted by molar-refractivity contribution is 7.80. The molecule has 0 spiro atoms. The molecule has 1 saturated heterocycles. The third-order valence-corrected chi connectivity index (χ3v) is 2.46. The van der Waals surface area contributed by atoms with Gasteiger partial charge in [-0.2, -0.15) is 12.6 Å². The van der Waals surface area contributed by atoms with E-state index in [4.69, 9.17) is 0 Å². The third kappa shape index (κ3) is 2.35. The van der Waals surface area contributed by atoms with Gasteiger partial charge in [-0.25, -0.2) is 0 Å². The summed E-state index contributed by atoms with van der Waals surface area (Å²) in [7, 11) is 0. The molecular weight excluding hydrogens is 142 g/mol. The molecule has 0 saturated carbocycles. The first kappa shape index (κ1) is 8.15. The minimum atomic E-state index is 0.640. The van der Waals surface area contributed by atoms with E-state index >= 15 is 0 Å². The van der Waals surface area contributed by atoms with Crippen LogP contribution in [0.15, 0.2) is 12.7 Å². The van der Waals surface area contributed by atoms with Gasteiger partial charge in [-0.3, -0.25) is 4.90 Å². The summed E-state index contributed by atoms with van der Waals surface area (Å²) in [4.78, 5) is 2.42. The average molecular weight is 157 g/mol. The smallest absolute Gasteiger partial charge is 0.0160 e. The summed E-state index contributed by atoms with van der Waals surface area (Å²) in [6.45, 7) is 7.14. The summed E-state index contributed by atoms with van der Waals surface area (Å²) < 4.78 is 0. The molecule has 1 aliphatic rings. The highest BCUT2D eigenvalue weighted by Crippen LogP contribution is 2.14. The molecule has 1 heterocycles.